The van der Waals surface area contributed by atoms with Gasteiger partial charge in [-0.1, -0.05) is 38.1 Å². The summed E-state index contributed by atoms with van der Waals surface area (Å²) in [4.78, 5) is 4.71. The molecule has 2 aromatic rings. The Hall–Kier alpha value is -0.670. The van der Waals surface area contributed by atoms with Crippen molar-refractivity contribution in [1.82, 2.24) is 4.98 Å². The van der Waals surface area contributed by atoms with E-state index in [1.165, 1.54) is 11.1 Å². The zero-order chi connectivity index (χ0) is 11.7. The molecular formula is C13H14BrNS. The molecule has 0 aliphatic carbocycles. The van der Waals surface area contributed by atoms with Crippen LogP contribution in [0.4, 0.5) is 0 Å². The summed E-state index contributed by atoms with van der Waals surface area (Å²) in [5.74, 6) is 0.461. The fraction of sp³-hybridized carbons (Fsp3) is 0.308. The monoisotopic (exact) mass is 295 g/mol. The van der Waals surface area contributed by atoms with E-state index < -0.39 is 0 Å². The van der Waals surface area contributed by atoms with Crippen molar-refractivity contribution in [2.45, 2.75) is 26.7 Å². The maximum Gasteiger partial charge on any atom is 0.124 e. The molecule has 0 radical (unpaired) electrons. The fourth-order valence-corrected chi connectivity index (χ4v) is 3.64. The van der Waals surface area contributed by atoms with E-state index in [-0.39, 0.29) is 0 Å². The normalized spacial score (nSPS) is 11.1. The molecule has 1 aromatic heterocycles. The summed E-state index contributed by atoms with van der Waals surface area (Å²) in [6.07, 6.45) is 0. The highest BCUT2D eigenvalue weighted by atomic mass is 79.9. The molecule has 16 heavy (non-hydrogen) atoms. The van der Waals surface area contributed by atoms with Gasteiger partial charge in [0.05, 0.1) is 9.48 Å². The molecule has 0 spiro atoms. The average molecular weight is 296 g/mol. The summed E-state index contributed by atoms with van der Waals surface area (Å²) in [5.41, 5.74) is 3.67. The lowest BCUT2D eigenvalue weighted by Gasteiger charge is -2.01. The van der Waals surface area contributed by atoms with Gasteiger partial charge in [-0.05, 0) is 34.3 Å². The lowest BCUT2D eigenvalue weighted by molar-refractivity contribution is 0.829. The van der Waals surface area contributed by atoms with Crippen LogP contribution < -0.4 is 0 Å². The first-order valence-corrected chi connectivity index (χ1v) is 6.92. The van der Waals surface area contributed by atoms with Crippen molar-refractivity contribution in [2.24, 2.45) is 0 Å². The molecule has 0 amide bonds. The van der Waals surface area contributed by atoms with Crippen molar-refractivity contribution in [1.29, 1.82) is 0 Å². The number of hydrogen-bond acceptors (Lipinski definition) is 2. The minimum absolute atomic E-state index is 0.461. The quantitative estimate of drug-likeness (QED) is 0.759. The maximum absolute atomic E-state index is 4.71. The van der Waals surface area contributed by atoms with Gasteiger partial charge in [0.2, 0.25) is 0 Å². The molecule has 0 bridgehead atoms. The molecule has 1 heterocycles. The molecular weight excluding hydrogens is 282 g/mol. The second kappa shape index (κ2) is 4.68. The van der Waals surface area contributed by atoms with Gasteiger partial charge < -0.3 is 0 Å². The highest BCUT2D eigenvalue weighted by molar-refractivity contribution is 9.11. The fourth-order valence-electron chi connectivity index (χ4n) is 1.60. The number of hydrogen-bond donors (Lipinski definition) is 0. The minimum Gasteiger partial charge on any atom is -0.240 e. The molecule has 84 valence electrons. The van der Waals surface area contributed by atoms with Crippen LogP contribution in [-0.4, -0.2) is 4.98 Å². The van der Waals surface area contributed by atoms with Gasteiger partial charge in [-0.3, -0.25) is 0 Å². The molecule has 1 nitrogen and oxygen atoms in total. The zero-order valence-corrected chi connectivity index (χ0v) is 12.0. The lowest BCUT2D eigenvalue weighted by Crippen LogP contribution is -1.88. The van der Waals surface area contributed by atoms with Gasteiger partial charge in [0.1, 0.15) is 5.01 Å². The number of halogens is 1. The van der Waals surface area contributed by atoms with Crippen molar-refractivity contribution in [2.75, 3.05) is 0 Å². The zero-order valence-electron chi connectivity index (χ0n) is 9.62. The van der Waals surface area contributed by atoms with Crippen LogP contribution in [-0.2, 0) is 0 Å². The van der Waals surface area contributed by atoms with Crippen LogP contribution in [0, 0.1) is 6.92 Å². The summed E-state index contributed by atoms with van der Waals surface area (Å²) in [6, 6.07) is 8.38. The summed E-state index contributed by atoms with van der Waals surface area (Å²) < 4.78 is 1.15. The van der Waals surface area contributed by atoms with Crippen LogP contribution in [0.5, 0.6) is 0 Å². The topological polar surface area (TPSA) is 12.9 Å². The number of thiazole rings is 1. The number of nitrogens with zero attached hydrogens (tertiary/aromatic N) is 1. The smallest absolute Gasteiger partial charge is 0.124 e. The number of rotatable bonds is 2. The van der Waals surface area contributed by atoms with Gasteiger partial charge in [0.25, 0.3) is 0 Å². The maximum atomic E-state index is 4.71. The van der Waals surface area contributed by atoms with Crippen molar-refractivity contribution >= 4 is 27.3 Å². The van der Waals surface area contributed by atoms with E-state index in [0.717, 1.165) is 14.5 Å². The van der Waals surface area contributed by atoms with Crippen LogP contribution in [0.3, 0.4) is 0 Å². The Bertz CT molecular complexity index is 502. The van der Waals surface area contributed by atoms with E-state index in [0.29, 0.717) is 5.92 Å². The molecule has 0 saturated heterocycles. The Morgan fingerprint density at radius 1 is 1.25 bits per heavy atom. The highest BCUT2D eigenvalue weighted by Crippen LogP contribution is 2.36. The Labute approximate surface area is 109 Å². The van der Waals surface area contributed by atoms with Gasteiger partial charge in [0, 0.05) is 5.56 Å². The van der Waals surface area contributed by atoms with E-state index in [9.17, 15) is 0 Å². The van der Waals surface area contributed by atoms with Gasteiger partial charge in [-0.25, -0.2) is 4.98 Å². The lowest BCUT2D eigenvalue weighted by atomic mass is 10.1. The van der Waals surface area contributed by atoms with Gasteiger partial charge in [0.15, 0.2) is 0 Å². The van der Waals surface area contributed by atoms with E-state index in [1.807, 2.05) is 0 Å². The van der Waals surface area contributed by atoms with Crippen molar-refractivity contribution < 1.29 is 0 Å². The SMILES string of the molecule is Cc1ccccc1-c1nc(C(C)C)c(Br)s1. The Kier molecular flexibility index (Phi) is 3.45. The third-order valence-corrected chi connectivity index (χ3v) is 4.32. The van der Waals surface area contributed by atoms with Gasteiger partial charge >= 0.3 is 0 Å². The third kappa shape index (κ3) is 2.20. The molecule has 2 rings (SSSR count). The number of benzene rings is 1. The average Bonchev–Trinajstić information content (AvgIpc) is 2.61. The van der Waals surface area contributed by atoms with E-state index >= 15 is 0 Å². The summed E-state index contributed by atoms with van der Waals surface area (Å²) >= 11 is 5.31. The first-order chi connectivity index (χ1) is 7.59. The van der Waals surface area contributed by atoms with Crippen LogP contribution in [0.1, 0.15) is 31.0 Å². The Balaban J connectivity index is 2.50. The van der Waals surface area contributed by atoms with Crippen molar-refractivity contribution in [3.8, 4) is 10.6 Å². The molecule has 0 N–H and O–H groups in total. The molecule has 0 atom stereocenters. The third-order valence-electron chi connectivity index (χ3n) is 2.53. The van der Waals surface area contributed by atoms with Crippen LogP contribution in [0.15, 0.2) is 28.1 Å². The molecule has 3 heteroatoms. The highest BCUT2D eigenvalue weighted by Gasteiger charge is 2.14. The van der Waals surface area contributed by atoms with Crippen molar-refractivity contribution in [3.63, 3.8) is 0 Å². The van der Waals surface area contributed by atoms with Crippen LogP contribution in [0.25, 0.3) is 10.6 Å². The van der Waals surface area contributed by atoms with Gasteiger partial charge in [-0.15, -0.1) is 11.3 Å². The van der Waals surface area contributed by atoms with Crippen molar-refractivity contribution in [3.05, 3.63) is 39.3 Å². The van der Waals surface area contributed by atoms with E-state index in [2.05, 4.69) is 61.0 Å². The molecule has 0 saturated carbocycles. The summed E-state index contributed by atoms with van der Waals surface area (Å²) in [6.45, 7) is 6.46. The second-order valence-electron chi connectivity index (χ2n) is 4.15. The molecule has 0 unspecified atom stereocenters. The molecule has 0 aliphatic rings. The first kappa shape index (κ1) is 11.8. The summed E-state index contributed by atoms with van der Waals surface area (Å²) in [7, 11) is 0. The number of aryl methyl sites for hydroxylation is 1. The van der Waals surface area contributed by atoms with Crippen LogP contribution in [0.2, 0.25) is 0 Å². The number of aromatic nitrogens is 1. The summed E-state index contributed by atoms with van der Waals surface area (Å²) in [5, 5.41) is 1.11. The Morgan fingerprint density at radius 3 is 2.50 bits per heavy atom. The largest absolute Gasteiger partial charge is 0.240 e. The van der Waals surface area contributed by atoms with Crippen LogP contribution >= 0.6 is 27.3 Å². The first-order valence-electron chi connectivity index (χ1n) is 5.32. The Morgan fingerprint density at radius 2 is 1.94 bits per heavy atom. The molecule has 0 aliphatic heterocycles. The van der Waals surface area contributed by atoms with E-state index in [1.54, 1.807) is 11.3 Å². The second-order valence-corrected chi connectivity index (χ2v) is 6.46. The molecule has 1 aromatic carbocycles. The standard InChI is InChI=1S/C13H14BrNS/c1-8(2)11-12(14)16-13(15-11)10-7-5-4-6-9(10)3/h4-8H,1-3H3. The van der Waals surface area contributed by atoms with Gasteiger partial charge in [-0.2, -0.15) is 0 Å². The minimum atomic E-state index is 0.461. The predicted octanol–water partition coefficient (Wildman–Crippen LogP) is 5.00. The van der Waals surface area contributed by atoms with E-state index in [4.69, 9.17) is 4.98 Å². The molecule has 0 fully saturated rings. The predicted molar refractivity (Wildman–Crippen MR) is 74.1 cm³/mol.